The predicted octanol–water partition coefficient (Wildman–Crippen LogP) is 3.77. The molecule has 1 atom stereocenters. The Balaban J connectivity index is 0.00000289. The lowest BCUT2D eigenvalue weighted by atomic mass is 10.1. The van der Waals surface area contributed by atoms with E-state index in [1.807, 2.05) is 23.0 Å². The summed E-state index contributed by atoms with van der Waals surface area (Å²) in [6, 6.07) is 14.2. The first-order valence-electron chi connectivity index (χ1n) is 10.3. The molecule has 1 unspecified atom stereocenters. The summed E-state index contributed by atoms with van der Waals surface area (Å²) in [6.07, 6.45) is 4.48. The van der Waals surface area contributed by atoms with Gasteiger partial charge in [0, 0.05) is 45.1 Å². The molecule has 4 rings (SSSR count). The summed E-state index contributed by atoms with van der Waals surface area (Å²) in [5, 5.41) is 10.9. The van der Waals surface area contributed by atoms with Gasteiger partial charge < -0.3 is 15.5 Å². The van der Waals surface area contributed by atoms with Gasteiger partial charge in [0.05, 0.1) is 6.54 Å². The van der Waals surface area contributed by atoms with E-state index in [1.54, 1.807) is 18.1 Å². The lowest BCUT2D eigenvalue weighted by Gasteiger charge is -2.21. The standard InChI is InChI=1S/C23H26F2N6.HI/c1-26-23(27-14-17-5-2-6-18(13-17)15-31-11-4-10-28-31)29-19-9-12-30(16-19)22-20(24)7-3-8-21(22)25;/h2-8,10-11,13,19H,9,12,14-16H2,1H3,(H2,26,27,29);1H. The number of nitrogens with zero attached hydrogens (tertiary/aromatic N) is 4. The molecule has 0 spiro atoms. The van der Waals surface area contributed by atoms with Gasteiger partial charge in [-0.25, -0.2) is 8.78 Å². The molecular weight excluding hydrogens is 525 g/mol. The molecule has 9 heteroatoms. The minimum Gasteiger partial charge on any atom is -0.365 e. The first-order valence-corrected chi connectivity index (χ1v) is 10.3. The van der Waals surface area contributed by atoms with Crippen molar-refractivity contribution in [2.45, 2.75) is 25.6 Å². The normalized spacial score (nSPS) is 16.0. The SMILES string of the molecule is CN=C(NCc1cccc(Cn2cccn2)c1)NC1CCN(c2c(F)cccc2F)C1.I. The summed E-state index contributed by atoms with van der Waals surface area (Å²) in [4.78, 5) is 6.04. The molecule has 3 aromatic rings. The molecule has 1 aromatic heterocycles. The van der Waals surface area contributed by atoms with Crippen molar-refractivity contribution in [1.82, 2.24) is 20.4 Å². The largest absolute Gasteiger partial charge is 0.365 e. The topological polar surface area (TPSA) is 57.5 Å². The molecule has 0 saturated carbocycles. The van der Waals surface area contributed by atoms with Crippen LogP contribution in [0.15, 0.2) is 65.9 Å². The number of aromatic nitrogens is 2. The van der Waals surface area contributed by atoms with Gasteiger partial charge in [-0.15, -0.1) is 24.0 Å². The van der Waals surface area contributed by atoms with E-state index >= 15 is 0 Å². The van der Waals surface area contributed by atoms with Crippen molar-refractivity contribution < 1.29 is 8.78 Å². The third-order valence-electron chi connectivity index (χ3n) is 5.36. The van der Waals surface area contributed by atoms with E-state index in [9.17, 15) is 8.78 Å². The van der Waals surface area contributed by atoms with Crippen LogP contribution in [0.5, 0.6) is 0 Å². The summed E-state index contributed by atoms with van der Waals surface area (Å²) >= 11 is 0. The molecule has 0 bridgehead atoms. The Morgan fingerprint density at radius 2 is 1.88 bits per heavy atom. The molecule has 2 N–H and O–H groups in total. The van der Waals surface area contributed by atoms with E-state index in [2.05, 4.69) is 38.9 Å². The number of hydrogen-bond donors (Lipinski definition) is 2. The maximum Gasteiger partial charge on any atom is 0.191 e. The van der Waals surface area contributed by atoms with E-state index in [0.717, 1.165) is 18.5 Å². The summed E-state index contributed by atoms with van der Waals surface area (Å²) < 4.78 is 30.0. The van der Waals surface area contributed by atoms with E-state index in [-0.39, 0.29) is 35.7 Å². The maximum atomic E-state index is 14.1. The summed E-state index contributed by atoms with van der Waals surface area (Å²) in [5.74, 6) is -0.394. The molecular formula is C23H27F2IN6. The second-order valence-electron chi connectivity index (χ2n) is 7.60. The van der Waals surface area contributed by atoms with Crippen molar-refractivity contribution >= 4 is 35.6 Å². The van der Waals surface area contributed by atoms with Crippen molar-refractivity contribution in [2.75, 3.05) is 25.0 Å². The number of para-hydroxylation sites is 1. The van der Waals surface area contributed by atoms with Crippen LogP contribution in [0.3, 0.4) is 0 Å². The Kier molecular flexibility index (Phi) is 8.43. The van der Waals surface area contributed by atoms with Crippen LogP contribution in [0.25, 0.3) is 0 Å². The second kappa shape index (κ2) is 11.3. The lowest BCUT2D eigenvalue weighted by Crippen LogP contribution is -2.44. The summed E-state index contributed by atoms with van der Waals surface area (Å²) in [5.41, 5.74) is 2.35. The zero-order valence-corrected chi connectivity index (χ0v) is 20.2. The Morgan fingerprint density at radius 1 is 1.12 bits per heavy atom. The highest BCUT2D eigenvalue weighted by molar-refractivity contribution is 14.0. The van der Waals surface area contributed by atoms with Gasteiger partial charge in [-0.05, 0) is 35.7 Å². The molecule has 0 aliphatic carbocycles. The van der Waals surface area contributed by atoms with Gasteiger partial charge in [-0.1, -0.05) is 30.3 Å². The average Bonchev–Trinajstić information content (AvgIpc) is 3.44. The minimum atomic E-state index is -0.529. The number of anilines is 1. The van der Waals surface area contributed by atoms with Gasteiger partial charge in [0.1, 0.15) is 17.3 Å². The van der Waals surface area contributed by atoms with Crippen LogP contribution in [-0.2, 0) is 13.1 Å². The fourth-order valence-corrected chi connectivity index (χ4v) is 3.87. The molecule has 170 valence electrons. The molecule has 1 saturated heterocycles. The minimum absolute atomic E-state index is 0. The van der Waals surface area contributed by atoms with Crippen LogP contribution in [0.2, 0.25) is 0 Å². The fourth-order valence-electron chi connectivity index (χ4n) is 3.87. The van der Waals surface area contributed by atoms with Crippen LogP contribution >= 0.6 is 24.0 Å². The third-order valence-corrected chi connectivity index (χ3v) is 5.36. The van der Waals surface area contributed by atoms with Crippen molar-refractivity contribution in [3.05, 3.63) is 83.7 Å². The number of hydrogen-bond acceptors (Lipinski definition) is 3. The summed E-state index contributed by atoms with van der Waals surface area (Å²) in [7, 11) is 1.72. The van der Waals surface area contributed by atoms with Crippen LogP contribution in [0.4, 0.5) is 14.5 Å². The molecule has 1 fully saturated rings. The molecule has 6 nitrogen and oxygen atoms in total. The van der Waals surface area contributed by atoms with Crippen molar-refractivity contribution in [3.8, 4) is 0 Å². The highest BCUT2D eigenvalue weighted by atomic mass is 127. The number of nitrogens with one attached hydrogen (secondary N) is 2. The van der Waals surface area contributed by atoms with Crippen molar-refractivity contribution in [3.63, 3.8) is 0 Å². The van der Waals surface area contributed by atoms with Gasteiger partial charge in [0.25, 0.3) is 0 Å². The Morgan fingerprint density at radius 3 is 2.59 bits per heavy atom. The van der Waals surface area contributed by atoms with E-state index < -0.39 is 11.6 Å². The van der Waals surface area contributed by atoms with Crippen LogP contribution in [0, 0.1) is 11.6 Å². The van der Waals surface area contributed by atoms with Gasteiger partial charge in [0.2, 0.25) is 0 Å². The third kappa shape index (κ3) is 5.96. The molecule has 2 aromatic carbocycles. The smallest absolute Gasteiger partial charge is 0.191 e. The number of aliphatic imine (C=N–C) groups is 1. The zero-order chi connectivity index (χ0) is 21.6. The molecule has 2 heterocycles. The zero-order valence-electron chi connectivity index (χ0n) is 17.8. The van der Waals surface area contributed by atoms with E-state index in [1.165, 1.54) is 23.8 Å². The predicted molar refractivity (Wildman–Crippen MR) is 133 cm³/mol. The number of guanidine groups is 1. The lowest BCUT2D eigenvalue weighted by molar-refractivity contribution is 0.576. The van der Waals surface area contributed by atoms with E-state index in [4.69, 9.17) is 0 Å². The van der Waals surface area contributed by atoms with Gasteiger partial charge in [0.15, 0.2) is 5.96 Å². The maximum absolute atomic E-state index is 14.1. The number of halogens is 3. The fraction of sp³-hybridized carbons (Fsp3) is 0.304. The number of rotatable bonds is 6. The van der Waals surface area contributed by atoms with Gasteiger partial charge in [-0.3, -0.25) is 9.67 Å². The van der Waals surface area contributed by atoms with Crippen molar-refractivity contribution in [1.29, 1.82) is 0 Å². The molecule has 1 aliphatic rings. The molecule has 0 radical (unpaired) electrons. The number of benzene rings is 2. The highest BCUT2D eigenvalue weighted by Gasteiger charge is 2.27. The molecule has 32 heavy (non-hydrogen) atoms. The van der Waals surface area contributed by atoms with Gasteiger partial charge >= 0.3 is 0 Å². The van der Waals surface area contributed by atoms with Crippen LogP contribution < -0.4 is 15.5 Å². The van der Waals surface area contributed by atoms with E-state index in [0.29, 0.717) is 25.6 Å². The van der Waals surface area contributed by atoms with Gasteiger partial charge in [-0.2, -0.15) is 5.10 Å². The average molecular weight is 552 g/mol. The Hall–Kier alpha value is -2.69. The first kappa shape index (κ1) is 24.0. The van der Waals surface area contributed by atoms with Crippen LogP contribution in [0.1, 0.15) is 17.5 Å². The molecule has 1 aliphatic heterocycles. The summed E-state index contributed by atoms with van der Waals surface area (Å²) in [6.45, 7) is 2.43. The highest BCUT2D eigenvalue weighted by Crippen LogP contribution is 2.26. The second-order valence-corrected chi connectivity index (χ2v) is 7.60. The Labute approximate surface area is 203 Å². The Bertz CT molecular complexity index is 1020. The first-order chi connectivity index (χ1) is 15.1. The van der Waals surface area contributed by atoms with Crippen LogP contribution in [-0.4, -0.2) is 41.9 Å². The quantitative estimate of drug-likeness (QED) is 0.278. The molecule has 0 amide bonds. The monoisotopic (exact) mass is 552 g/mol. The van der Waals surface area contributed by atoms with Crippen molar-refractivity contribution in [2.24, 2.45) is 4.99 Å².